The third kappa shape index (κ3) is 6.52. The van der Waals surface area contributed by atoms with Crippen LogP contribution in [0.25, 0.3) is 0 Å². The molecule has 6 heteroatoms. The van der Waals surface area contributed by atoms with E-state index in [1.54, 1.807) is 25.7 Å². The van der Waals surface area contributed by atoms with Gasteiger partial charge in [0.05, 0.1) is 5.92 Å². The highest BCUT2D eigenvalue weighted by atomic mass is 32.2. The summed E-state index contributed by atoms with van der Waals surface area (Å²) in [6.07, 6.45) is 0. The monoisotopic (exact) mass is 338 g/mol. The first-order valence-corrected chi connectivity index (χ1v) is 8.36. The number of carbonyl (C=O) groups excluding carboxylic acids is 1. The van der Waals surface area contributed by atoms with Crippen LogP contribution in [0.5, 0.6) is 0 Å². The Labute approximate surface area is 142 Å². The topological polar surface area (TPSA) is 69.6 Å². The maximum absolute atomic E-state index is 12.2. The number of aliphatic carboxylic acids is 1. The van der Waals surface area contributed by atoms with Crippen molar-refractivity contribution in [1.29, 1.82) is 0 Å². The molecule has 2 amide bonds. The molecule has 0 spiro atoms. The van der Waals surface area contributed by atoms with Gasteiger partial charge in [0.1, 0.15) is 0 Å². The molecule has 1 aromatic carbocycles. The number of amides is 2. The first-order valence-electron chi connectivity index (χ1n) is 7.54. The minimum absolute atomic E-state index is 0.129. The fourth-order valence-corrected chi connectivity index (χ4v) is 3.05. The van der Waals surface area contributed by atoms with Crippen molar-refractivity contribution in [1.82, 2.24) is 4.90 Å². The summed E-state index contributed by atoms with van der Waals surface area (Å²) in [6.45, 7) is 10.2. The van der Waals surface area contributed by atoms with E-state index in [2.05, 4.69) is 26.1 Å². The van der Waals surface area contributed by atoms with Gasteiger partial charge < -0.3 is 15.3 Å². The number of aryl methyl sites for hydroxylation is 1. The molecular weight excluding hydrogens is 312 g/mol. The predicted molar refractivity (Wildman–Crippen MR) is 95.2 cm³/mol. The molecule has 0 aliphatic heterocycles. The average molecular weight is 338 g/mol. The Kier molecular flexibility index (Phi) is 6.50. The Hall–Kier alpha value is -1.69. The van der Waals surface area contributed by atoms with Crippen LogP contribution in [-0.2, 0) is 4.79 Å². The number of hydrogen-bond donors (Lipinski definition) is 2. The Morgan fingerprint density at radius 1 is 1.35 bits per heavy atom. The summed E-state index contributed by atoms with van der Waals surface area (Å²) in [4.78, 5) is 25.6. The van der Waals surface area contributed by atoms with E-state index in [0.29, 0.717) is 0 Å². The Bertz CT molecular complexity index is 582. The lowest BCUT2D eigenvalue weighted by Crippen LogP contribution is -2.36. The zero-order valence-electron chi connectivity index (χ0n) is 14.6. The lowest BCUT2D eigenvalue weighted by Gasteiger charge is -2.21. The molecule has 0 saturated carbocycles. The fourth-order valence-electron chi connectivity index (χ4n) is 1.98. The maximum atomic E-state index is 12.2. The van der Waals surface area contributed by atoms with E-state index in [1.165, 1.54) is 4.90 Å². The SMILES string of the molecule is Cc1cc(SC(C)(C)C)ccc1NC(=O)N(C)CC(C)C(=O)O. The zero-order chi connectivity index (χ0) is 17.8. The van der Waals surface area contributed by atoms with Crippen molar-refractivity contribution in [3.05, 3.63) is 23.8 Å². The number of anilines is 1. The van der Waals surface area contributed by atoms with Crippen molar-refractivity contribution in [3.63, 3.8) is 0 Å². The number of carbonyl (C=O) groups is 2. The van der Waals surface area contributed by atoms with Gasteiger partial charge in [-0.15, -0.1) is 11.8 Å². The van der Waals surface area contributed by atoms with Crippen molar-refractivity contribution in [2.45, 2.75) is 44.3 Å². The Morgan fingerprint density at radius 2 is 1.96 bits per heavy atom. The van der Waals surface area contributed by atoms with Crippen LogP contribution in [0.3, 0.4) is 0 Å². The van der Waals surface area contributed by atoms with E-state index in [-0.39, 0.29) is 17.3 Å². The Balaban J connectivity index is 2.73. The van der Waals surface area contributed by atoms with Crippen LogP contribution in [0.2, 0.25) is 0 Å². The van der Waals surface area contributed by atoms with E-state index in [1.807, 2.05) is 25.1 Å². The fraction of sp³-hybridized carbons (Fsp3) is 0.529. The smallest absolute Gasteiger partial charge is 0.321 e. The van der Waals surface area contributed by atoms with Gasteiger partial charge >= 0.3 is 12.0 Å². The predicted octanol–water partition coefficient (Wildman–Crippen LogP) is 4.07. The molecule has 1 aromatic rings. The molecule has 0 bridgehead atoms. The normalized spacial score (nSPS) is 12.6. The number of carboxylic acid groups (broad SMARTS) is 1. The molecule has 0 saturated heterocycles. The van der Waals surface area contributed by atoms with Gasteiger partial charge in [0.2, 0.25) is 0 Å². The molecule has 0 aromatic heterocycles. The molecule has 0 aliphatic carbocycles. The molecule has 0 heterocycles. The quantitative estimate of drug-likeness (QED) is 0.794. The standard InChI is InChI=1S/C17H26N2O3S/c1-11-9-13(23-17(3,4)5)7-8-14(11)18-16(22)19(6)10-12(2)15(20)21/h7-9,12H,10H2,1-6H3,(H,18,22)(H,20,21). The maximum Gasteiger partial charge on any atom is 0.321 e. The molecule has 0 radical (unpaired) electrons. The molecule has 0 fully saturated rings. The second-order valence-electron chi connectivity index (χ2n) is 6.74. The van der Waals surface area contributed by atoms with Crippen LogP contribution in [0.1, 0.15) is 33.3 Å². The number of urea groups is 1. The number of nitrogens with one attached hydrogen (secondary N) is 1. The van der Waals surface area contributed by atoms with Crippen molar-refractivity contribution in [2.24, 2.45) is 5.92 Å². The summed E-state index contributed by atoms with van der Waals surface area (Å²) in [5.41, 5.74) is 1.72. The van der Waals surface area contributed by atoms with E-state index in [9.17, 15) is 9.59 Å². The lowest BCUT2D eigenvalue weighted by molar-refractivity contribution is -0.141. The summed E-state index contributed by atoms with van der Waals surface area (Å²) in [6, 6.07) is 5.61. The number of benzene rings is 1. The highest BCUT2D eigenvalue weighted by Crippen LogP contribution is 2.33. The number of hydrogen-bond acceptors (Lipinski definition) is 3. The van der Waals surface area contributed by atoms with Crippen molar-refractivity contribution in [2.75, 3.05) is 18.9 Å². The highest BCUT2D eigenvalue weighted by molar-refractivity contribution is 8.00. The van der Waals surface area contributed by atoms with Crippen LogP contribution in [0, 0.1) is 12.8 Å². The second kappa shape index (κ2) is 7.73. The van der Waals surface area contributed by atoms with Crippen LogP contribution >= 0.6 is 11.8 Å². The Morgan fingerprint density at radius 3 is 2.43 bits per heavy atom. The second-order valence-corrected chi connectivity index (χ2v) is 8.64. The van der Waals surface area contributed by atoms with Crippen molar-refractivity contribution >= 4 is 29.4 Å². The van der Waals surface area contributed by atoms with E-state index < -0.39 is 11.9 Å². The van der Waals surface area contributed by atoms with Gasteiger partial charge in [-0.3, -0.25) is 4.79 Å². The van der Waals surface area contributed by atoms with Gasteiger partial charge in [0.15, 0.2) is 0 Å². The average Bonchev–Trinajstić information content (AvgIpc) is 2.39. The largest absolute Gasteiger partial charge is 0.481 e. The van der Waals surface area contributed by atoms with Gasteiger partial charge in [0.25, 0.3) is 0 Å². The number of rotatable bonds is 5. The highest BCUT2D eigenvalue weighted by Gasteiger charge is 2.18. The number of nitrogens with zero attached hydrogens (tertiary/aromatic N) is 1. The van der Waals surface area contributed by atoms with Crippen LogP contribution in [0.15, 0.2) is 23.1 Å². The minimum Gasteiger partial charge on any atom is -0.481 e. The third-order valence-electron chi connectivity index (χ3n) is 3.18. The first kappa shape index (κ1) is 19.4. The van der Waals surface area contributed by atoms with Crippen molar-refractivity contribution < 1.29 is 14.7 Å². The summed E-state index contributed by atoms with van der Waals surface area (Å²) >= 11 is 1.77. The summed E-state index contributed by atoms with van der Waals surface area (Å²) in [7, 11) is 1.59. The van der Waals surface area contributed by atoms with Crippen LogP contribution in [0.4, 0.5) is 10.5 Å². The number of carboxylic acids is 1. The summed E-state index contributed by atoms with van der Waals surface area (Å²) in [5.74, 6) is -1.51. The van der Waals surface area contributed by atoms with E-state index in [4.69, 9.17) is 5.11 Å². The van der Waals surface area contributed by atoms with Gasteiger partial charge in [-0.2, -0.15) is 0 Å². The molecule has 1 unspecified atom stereocenters. The number of thioether (sulfide) groups is 1. The zero-order valence-corrected chi connectivity index (χ0v) is 15.5. The van der Waals surface area contributed by atoms with Crippen LogP contribution < -0.4 is 5.32 Å². The van der Waals surface area contributed by atoms with Gasteiger partial charge in [-0.05, 0) is 30.7 Å². The molecule has 128 valence electrons. The van der Waals surface area contributed by atoms with Gasteiger partial charge in [-0.1, -0.05) is 27.7 Å². The third-order valence-corrected chi connectivity index (χ3v) is 4.28. The molecule has 1 atom stereocenters. The summed E-state index contributed by atoms with van der Waals surface area (Å²) < 4.78 is 0.129. The first-order chi connectivity index (χ1) is 10.5. The van der Waals surface area contributed by atoms with E-state index >= 15 is 0 Å². The molecular formula is C17H26N2O3S. The van der Waals surface area contributed by atoms with Crippen molar-refractivity contribution in [3.8, 4) is 0 Å². The van der Waals surface area contributed by atoms with E-state index in [0.717, 1.165) is 16.1 Å². The van der Waals surface area contributed by atoms with Gasteiger partial charge in [0, 0.05) is 28.9 Å². The minimum atomic E-state index is -0.913. The molecule has 2 N–H and O–H groups in total. The molecule has 1 rings (SSSR count). The summed E-state index contributed by atoms with van der Waals surface area (Å²) in [5, 5.41) is 11.7. The molecule has 23 heavy (non-hydrogen) atoms. The van der Waals surface area contributed by atoms with Gasteiger partial charge in [-0.25, -0.2) is 4.79 Å². The lowest BCUT2D eigenvalue weighted by atomic mass is 10.2. The molecule has 0 aliphatic rings. The molecule has 5 nitrogen and oxygen atoms in total. The van der Waals surface area contributed by atoms with Crippen LogP contribution in [-0.4, -0.2) is 40.3 Å².